The second-order valence-electron chi connectivity index (χ2n) is 9.66. The molecule has 0 aromatic heterocycles. The SMILES string of the molecule is COc1cc(C2(O)CCN(C(=O)[C@H](NC(=O)c3ccccc3)C(C)C)CC2(C)C)ccc1Cl. The van der Waals surface area contributed by atoms with Crippen LogP contribution in [0.1, 0.15) is 50.0 Å². The maximum Gasteiger partial charge on any atom is 0.251 e. The Kier molecular flexibility index (Phi) is 7.39. The zero-order valence-electron chi connectivity index (χ0n) is 19.9. The highest BCUT2D eigenvalue weighted by atomic mass is 35.5. The monoisotopic (exact) mass is 472 g/mol. The maximum atomic E-state index is 13.5. The minimum Gasteiger partial charge on any atom is -0.495 e. The highest BCUT2D eigenvalue weighted by Gasteiger charge is 2.50. The molecule has 0 saturated carbocycles. The van der Waals surface area contributed by atoms with Gasteiger partial charge in [0.2, 0.25) is 5.91 Å². The quantitative estimate of drug-likeness (QED) is 0.658. The Labute approximate surface area is 200 Å². The van der Waals surface area contributed by atoms with Crippen LogP contribution in [0.5, 0.6) is 5.75 Å². The predicted molar refractivity (Wildman–Crippen MR) is 129 cm³/mol. The first-order valence-electron chi connectivity index (χ1n) is 11.2. The van der Waals surface area contributed by atoms with Crippen LogP contribution >= 0.6 is 11.6 Å². The van der Waals surface area contributed by atoms with Crippen molar-refractivity contribution in [3.63, 3.8) is 0 Å². The van der Waals surface area contributed by atoms with Gasteiger partial charge in [-0.3, -0.25) is 9.59 Å². The molecule has 7 heteroatoms. The highest BCUT2D eigenvalue weighted by Crippen LogP contribution is 2.47. The van der Waals surface area contributed by atoms with Crippen LogP contribution in [0.15, 0.2) is 48.5 Å². The number of aliphatic hydroxyl groups is 1. The van der Waals surface area contributed by atoms with E-state index in [1.807, 2.05) is 33.8 Å². The fourth-order valence-electron chi connectivity index (χ4n) is 4.49. The number of likely N-dealkylation sites (tertiary alicyclic amines) is 1. The zero-order chi connectivity index (χ0) is 24.4. The number of hydrogen-bond donors (Lipinski definition) is 2. The number of methoxy groups -OCH3 is 1. The van der Waals surface area contributed by atoms with Gasteiger partial charge in [-0.25, -0.2) is 0 Å². The van der Waals surface area contributed by atoms with E-state index in [2.05, 4.69) is 5.32 Å². The number of piperidine rings is 1. The summed E-state index contributed by atoms with van der Waals surface area (Å²) in [7, 11) is 1.54. The molecule has 3 rings (SSSR count). The van der Waals surface area contributed by atoms with Gasteiger partial charge in [0.25, 0.3) is 5.91 Å². The fourth-order valence-corrected chi connectivity index (χ4v) is 4.68. The van der Waals surface area contributed by atoms with E-state index < -0.39 is 17.1 Å². The van der Waals surface area contributed by atoms with E-state index in [4.69, 9.17) is 16.3 Å². The Bertz CT molecular complexity index is 1010. The van der Waals surface area contributed by atoms with Crippen LogP contribution in [0.3, 0.4) is 0 Å². The number of carbonyl (C=O) groups excluding carboxylic acids is 2. The summed E-state index contributed by atoms with van der Waals surface area (Å²) in [5.74, 6) is -0.00298. The highest BCUT2D eigenvalue weighted by molar-refractivity contribution is 6.32. The number of nitrogens with one attached hydrogen (secondary N) is 1. The average Bonchev–Trinajstić information content (AvgIpc) is 2.79. The van der Waals surface area contributed by atoms with Crippen molar-refractivity contribution in [2.24, 2.45) is 11.3 Å². The van der Waals surface area contributed by atoms with Gasteiger partial charge in [-0.2, -0.15) is 0 Å². The Morgan fingerprint density at radius 1 is 1.15 bits per heavy atom. The number of rotatable bonds is 6. The molecule has 2 N–H and O–H groups in total. The van der Waals surface area contributed by atoms with Crippen LogP contribution in [-0.4, -0.2) is 48.1 Å². The van der Waals surface area contributed by atoms with Crippen LogP contribution < -0.4 is 10.1 Å². The van der Waals surface area contributed by atoms with Crippen molar-refractivity contribution in [1.82, 2.24) is 10.2 Å². The summed E-state index contributed by atoms with van der Waals surface area (Å²) in [5, 5.41) is 15.1. The van der Waals surface area contributed by atoms with Crippen molar-refractivity contribution < 1.29 is 19.4 Å². The third-order valence-electron chi connectivity index (χ3n) is 6.64. The lowest BCUT2D eigenvalue weighted by atomic mass is 9.66. The van der Waals surface area contributed by atoms with Gasteiger partial charge in [0.1, 0.15) is 11.8 Å². The standard InChI is InChI=1S/C26H33ClN2O4/c1-17(2)22(28-23(30)18-9-7-6-8-10-18)24(31)29-14-13-26(32,25(3,4)16-29)19-11-12-20(27)21(15-19)33-5/h6-12,15,17,22,32H,13-14,16H2,1-5H3,(H,28,30)/t22-,26?/m1/s1. The summed E-state index contributed by atoms with van der Waals surface area (Å²) in [4.78, 5) is 27.9. The van der Waals surface area contributed by atoms with Gasteiger partial charge in [0.05, 0.1) is 17.7 Å². The maximum absolute atomic E-state index is 13.5. The van der Waals surface area contributed by atoms with Crippen molar-refractivity contribution in [2.45, 2.75) is 45.8 Å². The number of amides is 2. The molecule has 0 radical (unpaired) electrons. The average molecular weight is 473 g/mol. The van der Waals surface area contributed by atoms with Gasteiger partial charge in [-0.1, -0.05) is 63.6 Å². The summed E-state index contributed by atoms with van der Waals surface area (Å²) >= 11 is 6.17. The van der Waals surface area contributed by atoms with Crippen molar-refractivity contribution >= 4 is 23.4 Å². The minimum absolute atomic E-state index is 0.0883. The lowest BCUT2D eigenvalue weighted by Gasteiger charge is -2.51. The summed E-state index contributed by atoms with van der Waals surface area (Å²) in [6.45, 7) is 8.44. The predicted octanol–water partition coefficient (Wildman–Crippen LogP) is 4.25. The van der Waals surface area contributed by atoms with E-state index in [1.165, 1.54) is 7.11 Å². The van der Waals surface area contributed by atoms with Gasteiger partial charge in [0.15, 0.2) is 0 Å². The molecule has 1 aliphatic rings. The molecule has 0 aliphatic carbocycles. The number of nitrogens with zero attached hydrogens (tertiary/aromatic N) is 1. The molecule has 0 bridgehead atoms. The topological polar surface area (TPSA) is 78.9 Å². The van der Waals surface area contributed by atoms with E-state index in [1.54, 1.807) is 47.4 Å². The Hall–Kier alpha value is -2.57. The second kappa shape index (κ2) is 9.74. The van der Waals surface area contributed by atoms with Gasteiger partial charge in [0, 0.05) is 24.1 Å². The number of hydrogen-bond acceptors (Lipinski definition) is 4. The molecule has 1 aliphatic heterocycles. The molecule has 2 aromatic rings. The van der Waals surface area contributed by atoms with Crippen LogP contribution in [0.4, 0.5) is 0 Å². The van der Waals surface area contributed by atoms with Gasteiger partial charge >= 0.3 is 0 Å². The molecule has 1 fully saturated rings. The number of ether oxygens (including phenoxy) is 1. The van der Waals surface area contributed by atoms with E-state index in [9.17, 15) is 14.7 Å². The van der Waals surface area contributed by atoms with E-state index in [-0.39, 0.29) is 17.7 Å². The molecule has 33 heavy (non-hydrogen) atoms. The van der Waals surface area contributed by atoms with Crippen molar-refractivity contribution in [2.75, 3.05) is 20.2 Å². The van der Waals surface area contributed by atoms with Crippen LogP contribution in [-0.2, 0) is 10.4 Å². The molecular weight excluding hydrogens is 440 g/mol. The molecular formula is C26H33ClN2O4. The van der Waals surface area contributed by atoms with Crippen LogP contribution in [0.25, 0.3) is 0 Å². The van der Waals surface area contributed by atoms with Crippen molar-refractivity contribution in [1.29, 1.82) is 0 Å². The number of carbonyl (C=O) groups is 2. The molecule has 1 saturated heterocycles. The number of halogens is 1. The molecule has 178 valence electrons. The first kappa shape index (κ1) is 25.1. The molecule has 0 spiro atoms. The van der Waals surface area contributed by atoms with Crippen molar-refractivity contribution in [3.05, 3.63) is 64.7 Å². The molecule has 1 unspecified atom stereocenters. The summed E-state index contributed by atoms with van der Waals surface area (Å²) < 4.78 is 5.33. The third-order valence-corrected chi connectivity index (χ3v) is 6.96. The summed E-state index contributed by atoms with van der Waals surface area (Å²) in [5.41, 5.74) is -0.591. The molecule has 1 heterocycles. The zero-order valence-corrected chi connectivity index (χ0v) is 20.6. The lowest BCUT2D eigenvalue weighted by Crippen LogP contribution is -2.60. The van der Waals surface area contributed by atoms with E-state index in [0.717, 1.165) is 0 Å². The second-order valence-corrected chi connectivity index (χ2v) is 10.1. The van der Waals surface area contributed by atoms with Crippen molar-refractivity contribution in [3.8, 4) is 5.75 Å². The van der Waals surface area contributed by atoms with Crippen LogP contribution in [0.2, 0.25) is 5.02 Å². The fraction of sp³-hybridized carbons (Fsp3) is 0.462. The normalized spacial score (nSPS) is 20.9. The first-order valence-corrected chi connectivity index (χ1v) is 11.6. The minimum atomic E-state index is -1.16. The smallest absolute Gasteiger partial charge is 0.251 e. The number of benzene rings is 2. The Morgan fingerprint density at radius 2 is 1.82 bits per heavy atom. The van der Waals surface area contributed by atoms with Gasteiger partial charge < -0.3 is 20.1 Å². The lowest BCUT2D eigenvalue weighted by molar-refractivity contribution is -0.155. The van der Waals surface area contributed by atoms with Gasteiger partial charge in [-0.15, -0.1) is 0 Å². The Morgan fingerprint density at radius 3 is 2.39 bits per heavy atom. The summed E-state index contributed by atoms with van der Waals surface area (Å²) in [6.07, 6.45) is 0.355. The molecule has 6 nitrogen and oxygen atoms in total. The Balaban J connectivity index is 1.80. The van der Waals surface area contributed by atoms with E-state index >= 15 is 0 Å². The first-order chi connectivity index (χ1) is 15.5. The largest absolute Gasteiger partial charge is 0.495 e. The third kappa shape index (κ3) is 5.02. The molecule has 2 aromatic carbocycles. The molecule has 2 atom stereocenters. The van der Waals surface area contributed by atoms with Gasteiger partial charge in [-0.05, 0) is 42.2 Å². The molecule has 2 amide bonds. The van der Waals surface area contributed by atoms with Crippen LogP contribution in [0, 0.1) is 11.3 Å². The van der Waals surface area contributed by atoms with E-state index in [0.29, 0.717) is 41.4 Å². The summed E-state index contributed by atoms with van der Waals surface area (Å²) in [6, 6.07) is 13.5.